The van der Waals surface area contributed by atoms with Crippen LogP contribution in [0.5, 0.6) is 0 Å². The van der Waals surface area contributed by atoms with Crippen molar-refractivity contribution in [3.63, 3.8) is 0 Å². The van der Waals surface area contributed by atoms with E-state index in [1.807, 2.05) is 0 Å². The second-order valence-corrected chi connectivity index (χ2v) is 7.98. The van der Waals surface area contributed by atoms with Gasteiger partial charge < -0.3 is 9.64 Å². The van der Waals surface area contributed by atoms with E-state index in [1.54, 1.807) is 24.0 Å². The average molecular weight is 368 g/mol. The minimum Gasteiger partial charge on any atom is -0.469 e. The smallest absolute Gasteiger partial charge is 0.310 e. The van der Waals surface area contributed by atoms with Gasteiger partial charge in [0.25, 0.3) is 0 Å². The van der Waals surface area contributed by atoms with Crippen molar-refractivity contribution in [1.82, 2.24) is 4.90 Å². The monoisotopic (exact) mass is 368 g/mol. The molecule has 25 heavy (non-hydrogen) atoms. The van der Waals surface area contributed by atoms with Crippen molar-refractivity contribution in [3.8, 4) is 0 Å². The molecule has 0 radical (unpaired) electrons. The first kappa shape index (κ1) is 19.4. The van der Waals surface area contributed by atoms with Crippen molar-refractivity contribution in [2.24, 2.45) is 17.0 Å². The number of amides is 1. The predicted octanol–water partition coefficient (Wildman–Crippen LogP) is 0.924. The van der Waals surface area contributed by atoms with Crippen LogP contribution in [0.3, 0.4) is 0 Å². The third-order valence-corrected chi connectivity index (χ3v) is 5.19. The number of esters is 1. The molecule has 1 saturated carbocycles. The second kappa shape index (κ2) is 7.97. The largest absolute Gasteiger partial charge is 0.469 e. The van der Waals surface area contributed by atoms with Gasteiger partial charge in [-0.1, -0.05) is 19.1 Å². The van der Waals surface area contributed by atoms with E-state index in [9.17, 15) is 18.0 Å². The zero-order valence-electron chi connectivity index (χ0n) is 14.5. The molecule has 1 aliphatic rings. The summed E-state index contributed by atoms with van der Waals surface area (Å²) in [6.45, 7) is 2.52. The van der Waals surface area contributed by atoms with Crippen molar-refractivity contribution in [1.29, 1.82) is 0 Å². The Kier molecular flexibility index (Phi) is 6.18. The van der Waals surface area contributed by atoms with E-state index in [1.165, 1.54) is 19.2 Å². The number of nitrogens with zero attached hydrogens (tertiary/aromatic N) is 1. The minimum absolute atomic E-state index is 0.0569. The molecule has 0 aliphatic heterocycles. The fourth-order valence-electron chi connectivity index (χ4n) is 2.60. The molecule has 1 aromatic rings. The van der Waals surface area contributed by atoms with Crippen LogP contribution in [0.1, 0.15) is 25.3 Å². The van der Waals surface area contributed by atoms with E-state index in [2.05, 4.69) is 0 Å². The van der Waals surface area contributed by atoms with E-state index >= 15 is 0 Å². The quantitative estimate of drug-likeness (QED) is 0.687. The minimum atomic E-state index is -3.71. The normalized spacial score (nSPS) is 15.5. The average Bonchev–Trinajstić information content (AvgIpc) is 3.41. The summed E-state index contributed by atoms with van der Waals surface area (Å²) >= 11 is 0. The van der Waals surface area contributed by atoms with Crippen molar-refractivity contribution in [2.45, 2.75) is 31.1 Å². The van der Waals surface area contributed by atoms with E-state index in [-0.39, 0.29) is 22.7 Å². The SMILES string of the molecule is COC(=O)C(C)CN(CCc1ccc(S(N)(=O)=O)cc1)C(=O)C1CC1. The van der Waals surface area contributed by atoms with Gasteiger partial charge in [-0.15, -0.1) is 0 Å². The van der Waals surface area contributed by atoms with Crippen LogP contribution < -0.4 is 5.14 Å². The number of carbonyl (C=O) groups excluding carboxylic acids is 2. The van der Waals surface area contributed by atoms with Crippen LogP contribution in [0.2, 0.25) is 0 Å². The molecule has 1 unspecified atom stereocenters. The summed E-state index contributed by atoms with van der Waals surface area (Å²) in [5.74, 6) is -0.602. The van der Waals surface area contributed by atoms with E-state index in [4.69, 9.17) is 9.88 Å². The van der Waals surface area contributed by atoms with Gasteiger partial charge in [0.05, 0.1) is 17.9 Å². The fourth-order valence-corrected chi connectivity index (χ4v) is 3.11. The Labute approximate surface area is 148 Å². The van der Waals surface area contributed by atoms with Crippen molar-refractivity contribution in [3.05, 3.63) is 29.8 Å². The highest BCUT2D eigenvalue weighted by atomic mass is 32.2. The molecule has 0 heterocycles. The highest BCUT2D eigenvalue weighted by Crippen LogP contribution is 2.31. The van der Waals surface area contributed by atoms with Crippen LogP contribution in [0.4, 0.5) is 0 Å². The molecule has 0 spiro atoms. The summed E-state index contributed by atoms with van der Waals surface area (Å²) < 4.78 is 27.3. The molecule has 1 aliphatic carbocycles. The van der Waals surface area contributed by atoms with Crippen LogP contribution in [0.25, 0.3) is 0 Å². The molecule has 0 aromatic heterocycles. The van der Waals surface area contributed by atoms with Gasteiger partial charge in [-0.05, 0) is 37.0 Å². The molecule has 7 nitrogen and oxygen atoms in total. The van der Waals surface area contributed by atoms with Crippen molar-refractivity contribution < 1.29 is 22.7 Å². The summed E-state index contributed by atoms with van der Waals surface area (Å²) in [4.78, 5) is 25.8. The summed E-state index contributed by atoms with van der Waals surface area (Å²) in [6.07, 6.45) is 2.35. The van der Waals surface area contributed by atoms with Gasteiger partial charge in [0.15, 0.2) is 0 Å². The summed E-state index contributed by atoms with van der Waals surface area (Å²) in [7, 11) is -2.38. The number of nitrogens with two attached hydrogens (primary N) is 1. The van der Waals surface area contributed by atoms with Crippen molar-refractivity contribution >= 4 is 21.9 Å². The molecule has 138 valence electrons. The Bertz CT molecular complexity index is 726. The van der Waals surface area contributed by atoms with Gasteiger partial charge in [0, 0.05) is 19.0 Å². The standard InChI is InChI=1S/C17H24N2O5S/c1-12(17(21)24-2)11-19(16(20)14-5-6-14)10-9-13-3-7-15(8-4-13)25(18,22)23/h3-4,7-8,12,14H,5-6,9-11H2,1-2H3,(H2,18,22,23). The zero-order valence-corrected chi connectivity index (χ0v) is 15.3. The number of rotatable bonds is 8. The van der Waals surface area contributed by atoms with Crippen LogP contribution in [-0.4, -0.2) is 45.4 Å². The Morgan fingerprint density at radius 3 is 2.36 bits per heavy atom. The van der Waals surface area contributed by atoms with Gasteiger partial charge in [-0.3, -0.25) is 9.59 Å². The third kappa shape index (κ3) is 5.54. The zero-order chi connectivity index (χ0) is 18.6. The summed E-state index contributed by atoms with van der Waals surface area (Å²) in [5, 5.41) is 5.08. The van der Waals surface area contributed by atoms with Gasteiger partial charge in [-0.2, -0.15) is 0 Å². The molecule has 1 atom stereocenters. The number of benzene rings is 1. The number of ether oxygens (including phenoxy) is 1. The predicted molar refractivity (Wildman–Crippen MR) is 92.0 cm³/mol. The number of hydrogen-bond donors (Lipinski definition) is 1. The van der Waals surface area contributed by atoms with Gasteiger partial charge in [0.1, 0.15) is 0 Å². The number of sulfonamides is 1. The lowest BCUT2D eigenvalue weighted by Crippen LogP contribution is -2.39. The Balaban J connectivity index is 2.01. The van der Waals surface area contributed by atoms with Crippen LogP contribution in [-0.2, 0) is 30.8 Å². The number of hydrogen-bond acceptors (Lipinski definition) is 5. The topological polar surface area (TPSA) is 107 Å². The van der Waals surface area contributed by atoms with Gasteiger partial charge in [0.2, 0.25) is 15.9 Å². The third-order valence-electron chi connectivity index (χ3n) is 4.26. The lowest BCUT2D eigenvalue weighted by molar-refractivity contribution is -0.146. The van der Waals surface area contributed by atoms with Crippen LogP contribution in [0, 0.1) is 11.8 Å². The molecule has 0 saturated heterocycles. The highest BCUT2D eigenvalue weighted by molar-refractivity contribution is 7.89. The molecular formula is C17H24N2O5S. The lowest BCUT2D eigenvalue weighted by atomic mass is 10.1. The van der Waals surface area contributed by atoms with Gasteiger partial charge >= 0.3 is 5.97 Å². The summed E-state index contributed by atoms with van der Waals surface area (Å²) in [6, 6.07) is 6.27. The van der Waals surface area contributed by atoms with Crippen LogP contribution in [0.15, 0.2) is 29.2 Å². The van der Waals surface area contributed by atoms with E-state index in [0.29, 0.717) is 19.5 Å². The lowest BCUT2D eigenvalue weighted by Gasteiger charge is -2.25. The first-order valence-corrected chi connectivity index (χ1v) is 9.75. The molecule has 2 rings (SSSR count). The fraction of sp³-hybridized carbons (Fsp3) is 0.529. The first-order valence-electron chi connectivity index (χ1n) is 8.20. The van der Waals surface area contributed by atoms with Crippen molar-refractivity contribution in [2.75, 3.05) is 20.2 Å². The first-order chi connectivity index (χ1) is 11.7. The Hall–Kier alpha value is -1.93. The highest BCUT2D eigenvalue weighted by Gasteiger charge is 2.34. The van der Waals surface area contributed by atoms with E-state index < -0.39 is 15.9 Å². The van der Waals surface area contributed by atoms with Gasteiger partial charge in [-0.25, -0.2) is 13.6 Å². The Morgan fingerprint density at radius 2 is 1.88 bits per heavy atom. The Morgan fingerprint density at radius 1 is 1.28 bits per heavy atom. The number of primary sulfonamides is 1. The molecule has 0 bridgehead atoms. The maximum Gasteiger partial charge on any atom is 0.310 e. The van der Waals surface area contributed by atoms with Crippen LogP contribution >= 0.6 is 0 Å². The molecule has 1 aromatic carbocycles. The number of methoxy groups -OCH3 is 1. The maximum atomic E-state index is 12.4. The van der Waals surface area contributed by atoms with E-state index in [0.717, 1.165) is 18.4 Å². The second-order valence-electron chi connectivity index (χ2n) is 6.42. The molecule has 1 fully saturated rings. The molecule has 1 amide bonds. The summed E-state index contributed by atoms with van der Waals surface area (Å²) in [5.41, 5.74) is 0.895. The number of carbonyl (C=O) groups is 2. The molecule has 2 N–H and O–H groups in total. The molecule has 8 heteroatoms. The molecular weight excluding hydrogens is 344 g/mol. The maximum absolute atomic E-state index is 12.4.